The second kappa shape index (κ2) is 9.37. The summed E-state index contributed by atoms with van der Waals surface area (Å²) in [5.74, 6) is -0.117. The molecule has 35 heavy (non-hydrogen) atoms. The molecule has 1 amide bonds. The molecule has 2 aliphatic carbocycles. The van der Waals surface area contributed by atoms with Crippen LogP contribution in [0.25, 0.3) is 0 Å². The Morgan fingerprint density at radius 3 is 2.40 bits per heavy atom. The Balaban J connectivity index is 1.51. The monoisotopic (exact) mass is 491 g/mol. The van der Waals surface area contributed by atoms with E-state index in [9.17, 15) is 15.0 Å². The number of hydrogen-bond donors (Lipinski definition) is 4. The predicted octanol–water partition coefficient (Wildman–Crippen LogP) is 5.33. The van der Waals surface area contributed by atoms with Gasteiger partial charge < -0.3 is 20.8 Å². The standard InChI is InChI=1S/C28H33N3O3S/c1-27-14-13-23(33)28(2,17-32)22(27)16-21-25(31-26(35-21)30-19-11-7-4-8-12-19)20(27)15-24(34)29-18-9-5-3-6-10-18/h3-12,20,22-23,32-33H,13-17H2,1-2H3,(H,29,34)(H,30,31). The topological polar surface area (TPSA) is 94.5 Å². The lowest BCUT2D eigenvalue weighted by Gasteiger charge is -2.58. The first kappa shape index (κ1) is 24.0. The molecule has 3 aromatic rings. The maximum absolute atomic E-state index is 13.3. The molecule has 184 valence electrons. The van der Waals surface area contributed by atoms with Gasteiger partial charge in [-0.3, -0.25) is 4.79 Å². The molecule has 7 heteroatoms. The van der Waals surface area contributed by atoms with Crippen LogP contribution in [0, 0.1) is 16.7 Å². The minimum Gasteiger partial charge on any atom is -0.396 e. The van der Waals surface area contributed by atoms with Gasteiger partial charge in [-0.25, -0.2) is 4.98 Å². The molecule has 5 rings (SSSR count). The van der Waals surface area contributed by atoms with E-state index < -0.39 is 11.5 Å². The highest BCUT2D eigenvalue weighted by atomic mass is 32.1. The summed E-state index contributed by atoms with van der Waals surface area (Å²) in [6, 6.07) is 19.5. The number of carbonyl (C=O) groups excluding carboxylic acids is 1. The van der Waals surface area contributed by atoms with Crippen LogP contribution in [0.2, 0.25) is 0 Å². The van der Waals surface area contributed by atoms with Crippen LogP contribution in [0.15, 0.2) is 60.7 Å². The number of para-hydroxylation sites is 2. The van der Waals surface area contributed by atoms with Crippen LogP contribution in [0.3, 0.4) is 0 Å². The number of anilines is 3. The van der Waals surface area contributed by atoms with Gasteiger partial charge in [-0.2, -0.15) is 0 Å². The van der Waals surface area contributed by atoms with Crippen molar-refractivity contribution in [2.24, 2.45) is 16.7 Å². The van der Waals surface area contributed by atoms with Crippen LogP contribution < -0.4 is 10.6 Å². The number of carbonyl (C=O) groups is 1. The van der Waals surface area contributed by atoms with Gasteiger partial charge >= 0.3 is 0 Å². The molecule has 0 saturated heterocycles. The smallest absolute Gasteiger partial charge is 0.225 e. The van der Waals surface area contributed by atoms with Gasteiger partial charge in [0, 0.05) is 34.0 Å². The highest BCUT2D eigenvalue weighted by Crippen LogP contribution is 2.62. The third kappa shape index (κ3) is 4.37. The number of aliphatic hydroxyl groups excluding tert-OH is 2. The van der Waals surface area contributed by atoms with E-state index in [0.29, 0.717) is 12.8 Å². The molecule has 2 aromatic carbocycles. The summed E-state index contributed by atoms with van der Waals surface area (Å²) in [6.45, 7) is 4.14. The summed E-state index contributed by atoms with van der Waals surface area (Å²) in [7, 11) is 0. The van der Waals surface area contributed by atoms with Gasteiger partial charge in [0.25, 0.3) is 0 Å². The fourth-order valence-corrected chi connectivity index (χ4v) is 7.35. The fourth-order valence-electron chi connectivity index (χ4n) is 6.26. The van der Waals surface area contributed by atoms with Crippen molar-refractivity contribution in [3.05, 3.63) is 71.2 Å². The van der Waals surface area contributed by atoms with E-state index in [1.807, 2.05) is 67.6 Å². The average Bonchev–Trinajstić information content (AvgIpc) is 3.26. The molecule has 5 unspecified atom stereocenters. The Bertz CT molecular complexity index is 1180. The summed E-state index contributed by atoms with van der Waals surface area (Å²) >= 11 is 1.61. The molecule has 1 aromatic heterocycles. The van der Waals surface area contributed by atoms with E-state index in [1.165, 1.54) is 0 Å². The summed E-state index contributed by atoms with van der Waals surface area (Å²) in [5, 5.41) is 28.6. The molecule has 1 heterocycles. The molecule has 6 nitrogen and oxygen atoms in total. The number of hydrogen-bond acceptors (Lipinski definition) is 6. The third-order valence-electron chi connectivity index (χ3n) is 8.37. The normalized spacial score (nSPS) is 29.7. The summed E-state index contributed by atoms with van der Waals surface area (Å²) in [5.41, 5.74) is 1.83. The van der Waals surface area contributed by atoms with Crippen LogP contribution in [0.5, 0.6) is 0 Å². The van der Waals surface area contributed by atoms with Crippen LogP contribution >= 0.6 is 11.3 Å². The lowest BCUT2D eigenvalue weighted by atomic mass is 9.47. The summed E-state index contributed by atoms with van der Waals surface area (Å²) in [4.78, 5) is 19.4. The highest BCUT2D eigenvalue weighted by Gasteiger charge is 2.59. The van der Waals surface area contributed by atoms with Crippen molar-refractivity contribution in [1.82, 2.24) is 4.98 Å². The third-order valence-corrected chi connectivity index (χ3v) is 9.37. The van der Waals surface area contributed by atoms with E-state index in [1.54, 1.807) is 11.3 Å². The van der Waals surface area contributed by atoms with Crippen LogP contribution in [0.4, 0.5) is 16.5 Å². The minimum absolute atomic E-state index is 0.0378. The molecule has 1 saturated carbocycles. The Morgan fingerprint density at radius 2 is 1.74 bits per heavy atom. The first-order valence-corrected chi connectivity index (χ1v) is 13.1. The predicted molar refractivity (Wildman–Crippen MR) is 140 cm³/mol. The quantitative estimate of drug-likeness (QED) is 0.374. The molecule has 0 bridgehead atoms. The van der Waals surface area contributed by atoms with Crippen LogP contribution in [-0.2, 0) is 11.2 Å². The Morgan fingerprint density at radius 1 is 1.09 bits per heavy atom. The van der Waals surface area contributed by atoms with Gasteiger partial charge in [0.2, 0.25) is 5.91 Å². The van der Waals surface area contributed by atoms with Crippen molar-refractivity contribution in [3.63, 3.8) is 0 Å². The molecule has 0 radical (unpaired) electrons. The average molecular weight is 492 g/mol. The number of nitrogens with zero attached hydrogens (tertiary/aromatic N) is 1. The number of nitrogens with one attached hydrogen (secondary N) is 2. The first-order chi connectivity index (χ1) is 16.8. The zero-order valence-electron chi connectivity index (χ0n) is 20.2. The van der Waals surface area contributed by atoms with Gasteiger partial charge in [-0.05, 0) is 54.9 Å². The Hall–Kier alpha value is -2.74. The number of amides is 1. The number of rotatable bonds is 6. The van der Waals surface area contributed by atoms with Gasteiger partial charge in [0.05, 0.1) is 18.4 Å². The van der Waals surface area contributed by atoms with E-state index in [-0.39, 0.29) is 29.8 Å². The molecule has 1 fully saturated rings. The fraction of sp³-hybridized carbons (Fsp3) is 0.429. The first-order valence-electron chi connectivity index (χ1n) is 12.3. The van der Waals surface area contributed by atoms with Gasteiger partial charge in [-0.15, -0.1) is 11.3 Å². The zero-order valence-corrected chi connectivity index (χ0v) is 21.0. The Kier molecular flexibility index (Phi) is 6.42. The van der Waals surface area contributed by atoms with Gasteiger partial charge in [0.1, 0.15) is 0 Å². The van der Waals surface area contributed by atoms with Crippen LogP contribution in [-0.4, -0.2) is 33.8 Å². The largest absolute Gasteiger partial charge is 0.396 e. The summed E-state index contributed by atoms with van der Waals surface area (Å²) < 4.78 is 0. The van der Waals surface area contributed by atoms with Crippen molar-refractivity contribution >= 4 is 33.8 Å². The summed E-state index contributed by atoms with van der Waals surface area (Å²) in [6.07, 6.45) is 1.87. The maximum Gasteiger partial charge on any atom is 0.225 e. The molecular weight excluding hydrogens is 458 g/mol. The molecule has 0 spiro atoms. The molecule has 0 aliphatic heterocycles. The van der Waals surface area contributed by atoms with Gasteiger partial charge in [0.15, 0.2) is 5.13 Å². The number of aliphatic hydroxyl groups is 2. The number of fused-ring (bicyclic) bond motifs is 2. The molecule has 4 N–H and O–H groups in total. The number of aromatic nitrogens is 1. The van der Waals surface area contributed by atoms with Crippen molar-refractivity contribution in [1.29, 1.82) is 0 Å². The SMILES string of the molecule is CC1(CO)C(O)CCC2(C)C(CC(=O)Nc3ccccc3)c3nc(Nc4ccccc4)sc3CC12. The van der Waals surface area contributed by atoms with E-state index in [4.69, 9.17) is 4.98 Å². The van der Waals surface area contributed by atoms with Crippen molar-refractivity contribution < 1.29 is 15.0 Å². The zero-order chi connectivity index (χ0) is 24.6. The van der Waals surface area contributed by atoms with E-state index >= 15 is 0 Å². The number of benzene rings is 2. The lowest BCUT2D eigenvalue weighted by Crippen LogP contribution is -2.57. The van der Waals surface area contributed by atoms with E-state index in [0.717, 1.165) is 39.9 Å². The second-order valence-corrected chi connectivity index (χ2v) is 11.6. The molecule has 5 atom stereocenters. The highest BCUT2D eigenvalue weighted by molar-refractivity contribution is 7.15. The minimum atomic E-state index is -0.629. The number of thiazole rings is 1. The lowest BCUT2D eigenvalue weighted by molar-refractivity contribution is -0.143. The molecular formula is C28H33N3O3S. The maximum atomic E-state index is 13.3. The van der Waals surface area contributed by atoms with E-state index in [2.05, 4.69) is 17.6 Å². The van der Waals surface area contributed by atoms with Crippen LogP contribution in [0.1, 0.15) is 49.6 Å². The van der Waals surface area contributed by atoms with Crippen molar-refractivity contribution in [3.8, 4) is 0 Å². The van der Waals surface area contributed by atoms with Crippen molar-refractivity contribution in [2.45, 2.75) is 51.6 Å². The van der Waals surface area contributed by atoms with Gasteiger partial charge in [-0.1, -0.05) is 50.2 Å². The Labute approximate surface area is 210 Å². The second-order valence-electron chi connectivity index (χ2n) is 10.5. The van der Waals surface area contributed by atoms with Crippen molar-refractivity contribution in [2.75, 3.05) is 17.2 Å². The molecule has 2 aliphatic rings.